The van der Waals surface area contributed by atoms with Crippen molar-refractivity contribution in [1.29, 1.82) is 0 Å². The molecule has 2 atom stereocenters. The molecule has 0 aromatic heterocycles. The van der Waals surface area contributed by atoms with Crippen molar-refractivity contribution in [2.45, 2.75) is 78.5 Å². The van der Waals surface area contributed by atoms with Crippen LogP contribution in [0.25, 0.3) is 0 Å². The Bertz CT molecular complexity index is 1120. The number of nitrogens with two attached hydrogens (primary N) is 1. The van der Waals surface area contributed by atoms with Crippen molar-refractivity contribution in [2.75, 3.05) is 11.9 Å². The first-order valence-electron chi connectivity index (χ1n) is 12.9. The van der Waals surface area contributed by atoms with Gasteiger partial charge in [0.2, 0.25) is 11.8 Å². The van der Waals surface area contributed by atoms with Crippen LogP contribution >= 0.6 is 0 Å². The molecule has 2 aromatic carbocycles. The number of alkyl carbamates (subject to hydrolysis) is 1. The minimum absolute atomic E-state index is 0.0369. The van der Waals surface area contributed by atoms with Gasteiger partial charge in [0.05, 0.1) is 0 Å². The molecule has 0 saturated heterocycles. The Morgan fingerprint density at radius 2 is 1.63 bits per heavy atom. The molecule has 38 heavy (non-hydrogen) atoms. The van der Waals surface area contributed by atoms with Crippen molar-refractivity contribution < 1.29 is 23.9 Å². The number of amides is 4. The third-order valence-electron chi connectivity index (χ3n) is 5.96. The number of carbonyl (C=O) groups is 4. The van der Waals surface area contributed by atoms with E-state index in [1.165, 1.54) is 4.90 Å². The summed E-state index contributed by atoms with van der Waals surface area (Å²) in [6.45, 7) is 11.0. The van der Waals surface area contributed by atoms with E-state index in [9.17, 15) is 19.2 Å². The Morgan fingerprint density at radius 3 is 2.16 bits per heavy atom. The van der Waals surface area contributed by atoms with Gasteiger partial charge in [0.1, 0.15) is 17.7 Å². The van der Waals surface area contributed by atoms with E-state index in [2.05, 4.69) is 10.6 Å². The third-order valence-corrected chi connectivity index (χ3v) is 5.96. The van der Waals surface area contributed by atoms with Gasteiger partial charge in [0, 0.05) is 18.7 Å². The Morgan fingerprint density at radius 1 is 1.00 bits per heavy atom. The van der Waals surface area contributed by atoms with E-state index < -0.39 is 41.5 Å². The van der Waals surface area contributed by atoms with Crippen LogP contribution in [0.15, 0.2) is 48.5 Å². The van der Waals surface area contributed by atoms with Gasteiger partial charge in [-0.05, 0) is 70.2 Å². The quantitative estimate of drug-likeness (QED) is 0.405. The Labute approximate surface area is 225 Å². The molecule has 0 spiro atoms. The zero-order chi connectivity index (χ0) is 28.5. The van der Waals surface area contributed by atoms with E-state index in [1.54, 1.807) is 33.8 Å². The SMILES string of the molecule is CCc1ccc(C(C(=O)Nc2ccccc2C)N(CC)C(=O)C(CCC(N)=O)NC(=O)OC(C)(C)C)cc1. The molecular formula is C29H40N4O5. The summed E-state index contributed by atoms with van der Waals surface area (Å²) in [5, 5.41) is 5.52. The van der Waals surface area contributed by atoms with Gasteiger partial charge in [-0.2, -0.15) is 0 Å². The molecule has 4 N–H and O–H groups in total. The van der Waals surface area contributed by atoms with Gasteiger partial charge in [-0.3, -0.25) is 14.4 Å². The number of likely N-dealkylation sites (N-methyl/N-ethyl adjacent to an activating group) is 1. The van der Waals surface area contributed by atoms with Crippen LogP contribution in [0.1, 0.15) is 70.2 Å². The highest BCUT2D eigenvalue weighted by atomic mass is 16.6. The number of benzene rings is 2. The second-order valence-corrected chi connectivity index (χ2v) is 10.1. The highest BCUT2D eigenvalue weighted by molar-refractivity contribution is 5.99. The van der Waals surface area contributed by atoms with E-state index in [1.807, 2.05) is 56.3 Å². The standard InChI is InChI=1S/C29H40N4O5/c1-7-20-13-15-21(16-14-20)25(26(35)31-22-12-10-9-11-19(22)3)33(8-2)27(36)23(17-18-24(30)34)32-28(37)38-29(4,5)6/h9-16,23,25H,7-8,17-18H2,1-6H3,(H2,30,34)(H,31,35)(H,32,37). The van der Waals surface area contributed by atoms with Crippen molar-refractivity contribution in [3.63, 3.8) is 0 Å². The van der Waals surface area contributed by atoms with Crippen molar-refractivity contribution in [3.8, 4) is 0 Å². The van der Waals surface area contributed by atoms with Crippen molar-refractivity contribution in [3.05, 3.63) is 65.2 Å². The summed E-state index contributed by atoms with van der Waals surface area (Å²) in [6.07, 6.45) is -0.143. The molecule has 4 amide bonds. The van der Waals surface area contributed by atoms with Crippen LogP contribution in [0.5, 0.6) is 0 Å². The second kappa shape index (κ2) is 13.6. The first-order chi connectivity index (χ1) is 17.9. The molecule has 0 heterocycles. The first-order valence-corrected chi connectivity index (χ1v) is 12.9. The molecule has 9 heteroatoms. The summed E-state index contributed by atoms with van der Waals surface area (Å²) in [5.41, 5.74) is 7.77. The lowest BCUT2D eigenvalue weighted by atomic mass is 9.99. The van der Waals surface area contributed by atoms with Gasteiger partial charge in [-0.1, -0.05) is 49.4 Å². The molecule has 2 unspecified atom stereocenters. The van der Waals surface area contributed by atoms with E-state index >= 15 is 0 Å². The third kappa shape index (κ3) is 8.90. The lowest BCUT2D eigenvalue weighted by Gasteiger charge is -2.34. The van der Waals surface area contributed by atoms with Gasteiger partial charge in [-0.25, -0.2) is 4.79 Å². The van der Waals surface area contributed by atoms with Crippen LogP contribution in [-0.4, -0.2) is 46.9 Å². The molecule has 0 saturated carbocycles. The Hall–Kier alpha value is -3.88. The number of nitrogens with zero attached hydrogens (tertiary/aromatic N) is 1. The number of ether oxygens (including phenoxy) is 1. The molecule has 0 aliphatic rings. The number of hydrogen-bond donors (Lipinski definition) is 3. The number of rotatable bonds is 11. The number of carbonyl (C=O) groups excluding carboxylic acids is 4. The van der Waals surface area contributed by atoms with E-state index in [4.69, 9.17) is 10.5 Å². The summed E-state index contributed by atoms with van der Waals surface area (Å²) < 4.78 is 5.33. The molecule has 0 aliphatic carbocycles. The monoisotopic (exact) mass is 524 g/mol. The second-order valence-electron chi connectivity index (χ2n) is 10.1. The first kappa shape index (κ1) is 30.3. The minimum atomic E-state index is -1.12. The fourth-order valence-electron chi connectivity index (χ4n) is 3.98. The molecule has 0 bridgehead atoms. The normalized spacial score (nSPS) is 12.7. The molecule has 2 aromatic rings. The fourth-order valence-corrected chi connectivity index (χ4v) is 3.98. The minimum Gasteiger partial charge on any atom is -0.444 e. The van der Waals surface area contributed by atoms with Gasteiger partial charge in [0.15, 0.2) is 0 Å². The molecule has 2 rings (SSSR count). The van der Waals surface area contributed by atoms with Crippen LogP contribution in [0.3, 0.4) is 0 Å². The predicted molar refractivity (Wildman–Crippen MR) is 147 cm³/mol. The fraction of sp³-hybridized carbons (Fsp3) is 0.448. The highest BCUT2D eigenvalue weighted by Gasteiger charge is 2.35. The molecule has 0 radical (unpaired) electrons. The summed E-state index contributed by atoms with van der Waals surface area (Å²) in [4.78, 5) is 53.1. The summed E-state index contributed by atoms with van der Waals surface area (Å²) in [5.74, 6) is -1.53. The van der Waals surface area contributed by atoms with Crippen molar-refractivity contribution >= 4 is 29.5 Å². The molecule has 9 nitrogen and oxygen atoms in total. The van der Waals surface area contributed by atoms with E-state index in [0.29, 0.717) is 11.3 Å². The number of anilines is 1. The highest BCUT2D eigenvalue weighted by Crippen LogP contribution is 2.26. The average molecular weight is 525 g/mol. The maximum Gasteiger partial charge on any atom is 0.408 e. The number of nitrogens with one attached hydrogen (secondary N) is 2. The smallest absolute Gasteiger partial charge is 0.408 e. The number of para-hydroxylation sites is 1. The van der Waals surface area contributed by atoms with Gasteiger partial charge in [-0.15, -0.1) is 0 Å². The topological polar surface area (TPSA) is 131 Å². The van der Waals surface area contributed by atoms with Crippen LogP contribution in [0, 0.1) is 6.92 Å². The van der Waals surface area contributed by atoms with Crippen LogP contribution < -0.4 is 16.4 Å². The maximum atomic E-state index is 13.9. The predicted octanol–water partition coefficient (Wildman–Crippen LogP) is 4.24. The largest absolute Gasteiger partial charge is 0.444 e. The van der Waals surface area contributed by atoms with Gasteiger partial charge < -0.3 is 26.0 Å². The molecular weight excluding hydrogens is 484 g/mol. The number of primary amides is 1. The number of hydrogen-bond acceptors (Lipinski definition) is 5. The maximum absolute atomic E-state index is 13.9. The van der Waals surface area contributed by atoms with Crippen LogP contribution in [0.4, 0.5) is 10.5 Å². The summed E-state index contributed by atoms with van der Waals surface area (Å²) in [7, 11) is 0. The lowest BCUT2D eigenvalue weighted by Crippen LogP contribution is -2.52. The van der Waals surface area contributed by atoms with Crippen molar-refractivity contribution in [2.24, 2.45) is 5.73 Å². The lowest BCUT2D eigenvalue weighted by molar-refractivity contribution is -0.140. The molecule has 206 valence electrons. The van der Waals surface area contributed by atoms with Crippen molar-refractivity contribution in [1.82, 2.24) is 10.2 Å². The zero-order valence-electron chi connectivity index (χ0n) is 23.2. The van der Waals surface area contributed by atoms with Gasteiger partial charge in [0.25, 0.3) is 5.91 Å². The van der Waals surface area contributed by atoms with Gasteiger partial charge >= 0.3 is 6.09 Å². The zero-order valence-corrected chi connectivity index (χ0v) is 23.2. The Balaban J connectivity index is 2.47. The van der Waals surface area contributed by atoms with E-state index in [0.717, 1.165) is 17.5 Å². The van der Waals surface area contributed by atoms with E-state index in [-0.39, 0.29) is 19.4 Å². The average Bonchev–Trinajstić information content (AvgIpc) is 2.84. The summed E-state index contributed by atoms with van der Waals surface area (Å²) >= 11 is 0. The Kier molecular flexibility index (Phi) is 10.9. The summed E-state index contributed by atoms with van der Waals surface area (Å²) in [6, 6.07) is 12.8. The van der Waals surface area contributed by atoms with Crippen LogP contribution in [-0.2, 0) is 25.5 Å². The number of aryl methyl sites for hydroxylation is 2. The molecule has 0 aliphatic heterocycles. The van der Waals surface area contributed by atoms with Crippen LogP contribution in [0.2, 0.25) is 0 Å². The molecule has 0 fully saturated rings.